The molecule has 2 rings (SSSR count). The topological polar surface area (TPSA) is 90.7 Å². The first-order chi connectivity index (χ1) is 9.78. The fourth-order valence-electron chi connectivity index (χ4n) is 2.16. The van der Waals surface area contributed by atoms with Crippen molar-refractivity contribution in [3.05, 3.63) is 39.4 Å². The quantitative estimate of drug-likeness (QED) is 0.675. The maximum absolute atomic E-state index is 12.1. The number of nitrogens with one attached hydrogen (secondary N) is 1. The third-order valence-corrected chi connectivity index (χ3v) is 3.15. The molecule has 0 bridgehead atoms. The Labute approximate surface area is 122 Å². The highest BCUT2D eigenvalue weighted by atomic mass is 16.7. The lowest BCUT2D eigenvalue weighted by atomic mass is 10.1. The van der Waals surface area contributed by atoms with Crippen molar-refractivity contribution in [2.45, 2.75) is 32.7 Å². The Balaban J connectivity index is 2.04. The molecule has 0 aromatic heterocycles. The van der Waals surface area contributed by atoms with Crippen LogP contribution < -0.4 is 5.32 Å². The van der Waals surface area contributed by atoms with Crippen molar-refractivity contribution in [3.63, 3.8) is 0 Å². The van der Waals surface area contributed by atoms with Gasteiger partial charge in [0.05, 0.1) is 11.5 Å². The molecule has 1 amide bonds. The average Bonchev–Trinajstić information content (AvgIpc) is 2.75. The van der Waals surface area contributed by atoms with E-state index < -0.39 is 16.6 Å². The second kappa shape index (κ2) is 5.79. The van der Waals surface area contributed by atoms with E-state index >= 15 is 0 Å². The van der Waals surface area contributed by atoms with Crippen LogP contribution in [0.3, 0.4) is 0 Å². The largest absolute Gasteiger partial charge is 0.349 e. The highest BCUT2D eigenvalue weighted by molar-refractivity contribution is 5.98. The lowest BCUT2D eigenvalue weighted by Gasteiger charge is -2.17. The summed E-state index contributed by atoms with van der Waals surface area (Å²) in [6.45, 7) is 5.98. The molecule has 1 aliphatic rings. The molecule has 7 heteroatoms. The summed E-state index contributed by atoms with van der Waals surface area (Å²) in [5.74, 6) is -1.15. The van der Waals surface area contributed by atoms with E-state index in [4.69, 9.17) is 9.47 Å². The van der Waals surface area contributed by atoms with Crippen molar-refractivity contribution in [2.24, 2.45) is 0 Å². The van der Waals surface area contributed by atoms with E-state index in [9.17, 15) is 14.9 Å². The highest BCUT2D eigenvalue weighted by Crippen LogP contribution is 2.22. The number of benzene rings is 1. The Morgan fingerprint density at radius 1 is 1.52 bits per heavy atom. The van der Waals surface area contributed by atoms with Gasteiger partial charge >= 0.3 is 0 Å². The van der Waals surface area contributed by atoms with Gasteiger partial charge in [0.25, 0.3) is 11.6 Å². The number of nitro groups is 1. The number of nitrogens with zero attached hydrogens (tertiary/aromatic N) is 1. The molecular weight excluding hydrogens is 276 g/mol. The number of hydrogen-bond acceptors (Lipinski definition) is 5. The van der Waals surface area contributed by atoms with Crippen LogP contribution >= 0.6 is 0 Å². The van der Waals surface area contributed by atoms with Gasteiger partial charge in [0.15, 0.2) is 5.79 Å². The molecule has 1 fully saturated rings. The molecule has 1 saturated heterocycles. The molecule has 0 saturated carbocycles. The number of nitro benzene ring substituents is 1. The van der Waals surface area contributed by atoms with E-state index in [-0.39, 0.29) is 23.9 Å². The van der Waals surface area contributed by atoms with Gasteiger partial charge in [-0.15, -0.1) is 0 Å². The maximum Gasteiger partial charge on any atom is 0.282 e. The fourth-order valence-corrected chi connectivity index (χ4v) is 2.16. The Morgan fingerprint density at radius 3 is 2.81 bits per heavy atom. The van der Waals surface area contributed by atoms with Crippen molar-refractivity contribution in [1.29, 1.82) is 0 Å². The van der Waals surface area contributed by atoms with Crippen LogP contribution in [0.2, 0.25) is 0 Å². The minimum atomic E-state index is -0.662. The van der Waals surface area contributed by atoms with Gasteiger partial charge in [-0.25, -0.2) is 0 Å². The second-order valence-corrected chi connectivity index (χ2v) is 5.44. The predicted molar refractivity (Wildman–Crippen MR) is 75.1 cm³/mol. The van der Waals surface area contributed by atoms with Crippen LogP contribution in [0.25, 0.3) is 0 Å². The van der Waals surface area contributed by atoms with E-state index in [1.54, 1.807) is 26.8 Å². The van der Waals surface area contributed by atoms with Gasteiger partial charge < -0.3 is 14.8 Å². The zero-order valence-corrected chi connectivity index (χ0v) is 12.2. The average molecular weight is 294 g/mol. The fraction of sp³-hybridized carbons (Fsp3) is 0.500. The summed E-state index contributed by atoms with van der Waals surface area (Å²) in [5.41, 5.74) is 0.632. The number of ether oxygens (including phenoxy) is 2. The highest BCUT2D eigenvalue weighted by Gasteiger charge is 2.33. The SMILES string of the molecule is Cc1ccc([N+](=O)[O-])c(C(=O)NCC2COC(C)(C)O2)c1. The molecule has 1 aromatic rings. The molecule has 114 valence electrons. The lowest BCUT2D eigenvalue weighted by Crippen LogP contribution is -2.34. The molecule has 0 aliphatic carbocycles. The first kappa shape index (κ1) is 15.4. The summed E-state index contributed by atoms with van der Waals surface area (Å²) in [6, 6.07) is 4.44. The molecule has 1 atom stereocenters. The molecule has 1 unspecified atom stereocenters. The summed E-state index contributed by atoms with van der Waals surface area (Å²) in [4.78, 5) is 22.5. The number of rotatable bonds is 4. The number of hydrogen-bond donors (Lipinski definition) is 1. The molecule has 0 radical (unpaired) electrons. The van der Waals surface area contributed by atoms with Gasteiger partial charge in [0.1, 0.15) is 11.7 Å². The van der Waals surface area contributed by atoms with Crippen LogP contribution in [-0.4, -0.2) is 35.9 Å². The first-order valence-corrected chi connectivity index (χ1v) is 6.63. The molecule has 1 aliphatic heterocycles. The van der Waals surface area contributed by atoms with Gasteiger partial charge in [-0.2, -0.15) is 0 Å². The van der Waals surface area contributed by atoms with Gasteiger partial charge in [-0.05, 0) is 32.4 Å². The molecular formula is C14H18N2O5. The maximum atomic E-state index is 12.1. The van der Waals surface area contributed by atoms with Gasteiger partial charge in [0.2, 0.25) is 0 Å². The Kier molecular flexibility index (Phi) is 4.24. The van der Waals surface area contributed by atoms with Gasteiger partial charge in [-0.1, -0.05) is 6.07 Å². The molecule has 1 aromatic carbocycles. The van der Waals surface area contributed by atoms with E-state index in [2.05, 4.69) is 5.32 Å². The second-order valence-electron chi connectivity index (χ2n) is 5.44. The number of amides is 1. The first-order valence-electron chi connectivity index (χ1n) is 6.63. The molecule has 21 heavy (non-hydrogen) atoms. The van der Waals surface area contributed by atoms with Crippen LogP contribution in [0, 0.1) is 17.0 Å². The zero-order chi connectivity index (χ0) is 15.6. The van der Waals surface area contributed by atoms with Crippen LogP contribution in [-0.2, 0) is 9.47 Å². The molecule has 7 nitrogen and oxygen atoms in total. The molecule has 0 spiro atoms. The number of aryl methyl sites for hydroxylation is 1. The summed E-state index contributed by atoms with van der Waals surface area (Å²) >= 11 is 0. The molecule has 1 heterocycles. The normalized spacial score (nSPS) is 20.2. The van der Waals surface area contributed by atoms with E-state index in [0.717, 1.165) is 5.56 Å². The van der Waals surface area contributed by atoms with Crippen LogP contribution in [0.15, 0.2) is 18.2 Å². The molecule has 1 N–H and O–H groups in total. The van der Waals surface area contributed by atoms with Crippen molar-refractivity contribution >= 4 is 11.6 Å². The zero-order valence-electron chi connectivity index (χ0n) is 12.2. The van der Waals surface area contributed by atoms with Crippen molar-refractivity contribution < 1.29 is 19.2 Å². The Morgan fingerprint density at radius 2 is 2.24 bits per heavy atom. The summed E-state index contributed by atoms with van der Waals surface area (Å²) in [6.07, 6.45) is -0.257. The summed E-state index contributed by atoms with van der Waals surface area (Å²) < 4.78 is 11.0. The van der Waals surface area contributed by atoms with Crippen LogP contribution in [0.5, 0.6) is 0 Å². The number of carbonyl (C=O) groups excluding carboxylic acids is 1. The van der Waals surface area contributed by atoms with Crippen molar-refractivity contribution in [1.82, 2.24) is 5.32 Å². The third kappa shape index (κ3) is 3.77. The monoisotopic (exact) mass is 294 g/mol. The predicted octanol–water partition coefficient (Wildman–Crippen LogP) is 1.78. The lowest BCUT2D eigenvalue weighted by molar-refractivity contribution is -0.385. The van der Waals surface area contributed by atoms with Crippen LogP contribution in [0.4, 0.5) is 5.69 Å². The van der Waals surface area contributed by atoms with Crippen molar-refractivity contribution in [3.8, 4) is 0 Å². The van der Waals surface area contributed by atoms with E-state index in [0.29, 0.717) is 6.61 Å². The van der Waals surface area contributed by atoms with Crippen molar-refractivity contribution in [2.75, 3.05) is 13.2 Å². The smallest absolute Gasteiger partial charge is 0.282 e. The van der Waals surface area contributed by atoms with Gasteiger partial charge in [0, 0.05) is 12.6 Å². The number of carbonyl (C=O) groups is 1. The van der Waals surface area contributed by atoms with E-state index in [1.807, 2.05) is 0 Å². The minimum Gasteiger partial charge on any atom is -0.349 e. The Hall–Kier alpha value is -1.99. The standard InChI is InChI=1S/C14H18N2O5/c1-9-4-5-12(16(18)19)11(6-9)13(17)15-7-10-8-20-14(2,3)21-10/h4-6,10H,7-8H2,1-3H3,(H,15,17). The third-order valence-electron chi connectivity index (χ3n) is 3.15. The van der Waals surface area contributed by atoms with Crippen LogP contribution in [0.1, 0.15) is 29.8 Å². The van der Waals surface area contributed by atoms with Gasteiger partial charge in [-0.3, -0.25) is 14.9 Å². The Bertz CT molecular complexity index is 570. The summed E-state index contributed by atoms with van der Waals surface area (Å²) in [5, 5.41) is 13.6. The minimum absolute atomic E-state index is 0.0539. The summed E-state index contributed by atoms with van der Waals surface area (Å²) in [7, 11) is 0. The van der Waals surface area contributed by atoms with E-state index in [1.165, 1.54) is 12.1 Å².